The minimum absolute atomic E-state index is 0. The van der Waals surface area contributed by atoms with Gasteiger partial charge in [-0.1, -0.05) is 18.2 Å². The number of aromatic nitrogens is 1. The summed E-state index contributed by atoms with van der Waals surface area (Å²) in [5.74, 6) is -0.258. The topological polar surface area (TPSA) is 125 Å². The maximum absolute atomic E-state index is 12.6. The molecule has 0 aliphatic carbocycles. The van der Waals surface area contributed by atoms with Crippen LogP contribution in [0.5, 0.6) is 0 Å². The van der Waals surface area contributed by atoms with Gasteiger partial charge in [-0.05, 0) is 37.3 Å². The molecule has 0 radical (unpaired) electrons. The molecule has 28 heavy (non-hydrogen) atoms. The SMILES string of the molecule is C/C(=N/NC(=N)N)c1cn(C)c2ccc(NS(=O)(=O)c3ccccc3)cc12.Cl. The van der Waals surface area contributed by atoms with Crippen molar-refractivity contribution in [1.29, 1.82) is 5.41 Å². The van der Waals surface area contributed by atoms with Crippen LogP contribution < -0.4 is 15.9 Å². The summed E-state index contributed by atoms with van der Waals surface area (Å²) < 4.78 is 29.6. The Labute approximate surface area is 169 Å². The number of nitrogens with zero attached hydrogens (tertiary/aromatic N) is 2. The van der Waals surface area contributed by atoms with E-state index in [9.17, 15) is 8.42 Å². The van der Waals surface area contributed by atoms with Gasteiger partial charge in [-0.15, -0.1) is 12.4 Å². The molecule has 0 amide bonds. The predicted octanol–water partition coefficient (Wildman–Crippen LogP) is 2.61. The predicted molar refractivity (Wildman–Crippen MR) is 115 cm³/mol. The number of hydrogen-bond donors (Lipinski definition) is 4. The van der Waals surface area contributed by atoms with Crippen molar-refractivity contribution in [1.82, 2.24) is 9.99 Å². The Bertz CT molecular complexity index is 1140. The zero-order valence-corrected chi connectivity index (χ0v) is 16.9. The van der Waals surface area contributed by atoms with Gasteiger partial charge in [0.2, 0.25) is 5.96 Å². The van der Waals surface area contributed by atoms with Crippen molar-refractivity contribution in [2.75, 3.05) is 4.72 Å². The number of rotatable bonds is 5. The van der Waals surface area contributed by atoms with E-state index >= 15 is 0 Å². The lowest BCUT2D eigenvalue weighted by atomic mass is 10.1. The van der Waals surface area contributed by atoms with Gasteiger partial charge in [-0.25, -0.2) is 13.8 Å². The maximum Gasteiger partial charge on any atom is 0.261 e. The van der Waals surface area contributed by atoms with E-state index in [2.05, 4.69) is 15.2 Å². The summed E-state index contributed by atoms with van der Waals surface area (Å²) in [7, 11) is -1.78. The molecule has 0 saturated heterocycles. The number of aryl methyl sites for hydroxylation is 1. The van der Waals surface area contributed by atoms with E-state index in [1.54, 1.807) is 49.4 Å². The Morgan fingerprint density at radius 3 is 2.50 bits per heavy atom. The number of fused-ring (bicyclic) bond motifs is 1. The molecule has 1 heterocycles. The highest BCUT2D eigenvalue weighted by atomic mass is 35.5. The number of anilines is 1. The first-order valence-corrected chi connectivity index (χ1v) is 9.58. The van der Waals surface area contributed by atoms with Crippen LogP contribution in [0.25, 0.3) is 10.9 Å². The van der Waals surface area contributed by atoms with Crippen LogP contribution in [0.1, 0.15) is 12.5 Å². The molecule has 10 heteroatoms. The van der Waals surface area contributed by atoms with E-state index in [-0.39, 0.29) is 23.3 Å². The van der Waals surface area contributed by atoms with Gasteiger partial charge in [-0.2, -0.15) is 5.10 Å². The van der Waals surface area contributed by atoms with Gasteiger partial charge in [0.25, 0.3) is 10.0 Å². The first-order chi connectivity index (χ1) is 12.8. The van der Waals surface area contributed by atoms with Crippen LogP contribution in [0.2, 0.25) is 0 Å². The zero-order valence-electron chi connectivity index (χ0n) is 15.3. The van der Waals surface area contributed by atoms with Gasteiger partial charge >= 0.3 is 0 Å². The minimum atomic E-state index is -3.67. The molecule has 0 aliphatic heterocycles. The zero-order chi connectivity index (χ0) is 19.6. The minimum Gasteiger partial charge on any atom is -0.369 e. The molecule has 148 valence electrons. The highest BCUT2D eigenvalue weighted by Crippen LogP contribution is 2.26. The second-order valence-electron chi connectivity index (χ2n) is 6.03. The van der Waals surface area contributed by atoms with Crippen molar-refractivity contribution in [3.8, 4) is 0 Å². The van der Waals surface area contributed by atoms with Crippen molar-refractivity contribution in [3.63, 3.8) is 0 Å². The third-order valence-corrected chi connectivity index (χ3v) is 5.43. The molecule has 0 saturated carbocycles. The summed E-state index contributed by atoms with van der Waals surface area (Å²) >= 11 is 0. The Hall–Kier alpha value is -3.04. The van der Waals surface area contributed by atoms with E-state index in [1.807, 2.05) is 23.9 Å². The Kier molecular flexibility index (Phi) is 6.32. The smallest absolute Gasteiger partial charge is 0.261 e. The van der Waals surface area contributed by atoms with Crippen LogP contribution in [-0.2, 0) is 17.1 Å². The second-order valence-corrected chi connectivity index (χ2v) is 7.71. The molecule has 3 rings (SSSR count). The molecule has 0 aliphatic rings. The second kappa shape index (κ2) is 8.32. The molecule has 0 atom stereocenters. The quantitative estimate of drug-likeness (QED) is 0.287. The van der Waals surface area contributed by atoms with Crippen LogP contribution >= 0.6 is 12.4 Å². The molecular weight excluding hydrogens is 400 g/mol. The third-order valence-electron chi connectivity index (χ3n) is 4.03. The number of guanidine groups is 1. The fraction of sp³-hybridized carbons (Fsp3) is 0.111. The third kappa shape index (κ3) is 4.44. The number of halogens is 1. The molecule has 1 aromatic heterocycles. The molecule has 3 aromatic rings. The van der Waals surface area contributed by atoms with Crippen molar-refractivity contribution < 1.29 is 8.42 Å². The van der Waals surface area contributed by atoms with Crippen LogP contribution in [0.3, 0.4) is 0 Å². The van der Waals surface area contributed by atoms with Crippen molar-refractivity contribution in [2.24, 2.45) is 17.9 Å². The highest BCUT2D eigenvalue weighted by molar-refractivity contribution is 7.92. The number of benzene rings is 2. The van der Waals surface area contributed by atoms with Gasteiger partial charge in [0, 0.05) is 35.4 Å². The summed E-state index contributed by atoms with van der Waals surface area (Å²) in [6.45, 7) is 1.78. The van der Waals surface area contributed by atoms with E-state index < -0.39 is 10.0 Å². The first kappa shape index (κ1) is 21.3. The Morgan fingerprint density at radius 1 is 1.18 bits per heavy atom. The van der Waals surface area contributed by atoms with E-state index in [0.29, 0.717) is 11.4 Å². The number of nitrogens with two attached hydrogens (primary N) is 1. The summed E-state index contributed by atoms with van der Waals surface area (Å²) in [5, 5.41) is 12.1. The Morgan fingerprint density at radius 2 is 1.86 bits per heavy atom. The van der Waals surface area contributed by atoms with Crippen LogP contribution in [0.15, 0.2) is 64.7 Å². The van der Waals surface area contributed by atoms with Gasteiger partial charge in [0.15, 0.2) is 0 Å². The summed E-state index contributed by atoms with van der Waals surface area (Å²) in [4.78, 5) is 0.196. The van der Waals surface area contributed by atoms with Gasteiger partial charge < -0.3 is 10.3 Å². The molecule has 0 unspecified atom stereocenters. The monoisotopic (exact) mass is 420 g/mol. The van der Waals surface area contributed by atoms with E-state index in [0.717, 1.165) is 16.5 Å². The number of hydrogen-bond acceptors (Lipinski definition) is 4. The van der Waals surface area contributed by atoms with Gasteiger partial charge in [0.1, 0.15) is 0 Å². The molecule has 0 fully saturated rings. The summed E-state index contributed by atoms with van der Waals surface area (Å²) in [5.41, 5.74) is 10.5. The fourth-order valence-electron chi connectivity index (χ4n) is 2.76. The maximum atomic E-state index is 12.6. The fourth-order valence-corrected chi connectivity index (χ4v) is 3.83. The summed E-state index contributed by atoms with van der Waals surface area (Å²) in [6.07, 6.45) is 1.89. The lowest BCUT2D eigenvalue weighted by molar-refractivity contribution is 0.601. The van der Waals surface area contributed by atoms with E-state index in [4.69, 9.17) is 11.1 Å². The first-order valence-electron chi connectivity index (χ1n) is 8.09. The van der Waals surface area contributed by atoms with Crippen LogP contribution in [0.4, 0.5) is 5.69 Å². The largest absolute Gasteiger partial charge is 0.369 e. The molecule has 2 aromatic carbocycles. The lowest BCUT2D eigenvalue weighted by Crippen LogP contribution is -2.26. The molecular formula is C18H21ClN6O2S. The van der Waals surface area contributed by atoms with E-state index in [1.165, 1.54) is 0 Å². The number of hydrazone groups is 1. The lowest BCUT2D eigenvalue weighted by Gasteiger charge is -2.09. The molecule has 8 nitrogen and oxygen atoms in total. The molecule has 0 bridgehead atoms. The average Bonchev–Trinajstić information content (AvgIpc) is 2.96. The standard InChI is InChI=1S/C18H20N6O2S.ClH/c1-12(21-22-18(19)20)16-11-24(2)17-9-8-13(10-15(16)17)23-27(25,26)14-6-4-3-5-7-14;/h3-11,23H,1-2H3,(H4,19,20,22);1H/b21-12-;. The van der Waals surface area contributed by atoms with Crippen molar-refractivity contribution in [2.45, 2.75) is 11.8 Å². The van der Waals surface area contributed by atoms with Crippen molar-refractivity contribution in [3.05, 3.63) is 60.3 Å². The Balaban J connectivity index is 0.00000280. The summed E-state index contributed by atoms with van der Waals surface area (Å²) in [6, 6.07) is 13.5. The van der Waals surface area contributed by atoms with Crippen LogP contribution in [0, 0.1) is 5.41 Å². The number of nitrogens with one attached hydrogen (secondary N) is 3. The number of sulfonamides is 1. The van der Waals surface area contributed by atoms with Crippen LogP contribution in [-0.4, -0.2) is 24.7 Å². The normalized spacial score (nSPS) is 11.7. The molecule has 5 N–H and O–H groups in total. The molecule has 0 spiro atoms. The average molecular weight is 421 g/mol. The van der Waals surface area contributed by atoms with Crippen molar-refractivity contribution >= 4 is 50.7 Å². The highest BCUT2D eigenvalue weighted by Gasteiger charge is 2.15. The van der Waals surface area contributed by atoms with Gasteiger partial charge in [0.05, 0.1) is 10.6 Å². The van der Waals surface area contributed by atoms with Gasteiger partial charge in [-0.3, -0.25) is 10.1 Å².